The Morgan fingerprint density at radius 1 is 1.43 bits per heavy atom. The summed E-state index contributed by atoms with van der Waals surface area (Å²) < 4.78 is 5.72. The van der Waals surface area contributed by atoms with Gasteiger partial charge in [0, 0.05) is 18.5 Å². The molecule has 6 heteroatoms. The van der Waals surface area contributed by atoms with Crippen molar-refractivity contribution in [1.82, 2.24) is 10.6 Å². The van der Waals surface area contributed by atoms with E-state index in [1.165, 1.54) is 0 Å². The molecule has 0 fully saturated rings. The molecule has 0 saturated carbocycles. The van der Waals surface area contributed by atoms with Gasteiger partial charge in [0.05, 0.1) is 19.1 Å². The van der Waals surface area contributed by atoms with Crippen molar-refractivity contribution in [2.75, 3.05) is 13.2 Å². The molecule has 1 heterocycles. The highest BCUT2D eigenvalue weighted by Crippen LogP contribution is 2.35. The van der Waals surface area contributed by atoms with Gasteiger partial charge in [0.1, 0.15) is 5.75 Å². The van der Waals surface area contributed by atoms with Gasteiger partial charge in [0.25, 0.3) is 0 Å². The fourth-order valence-corrected chi connectivity index (χ4v) is 2.41. The van der Waals surface area contributed by atoms with Crippen molar-refractivity contribution in [3.8, 4) is 5.75 Å². The Bertz CT molecular complexity index is 530. The van der Waals surface area contributed by atoms with Gasteiger partial charge in [-0.1, -0.05) is 25.1 Å². The molecule has 1 aliphatic heterocycles. The van der Waals surface area contributed by atoms with Crippen molar-refractivity contribution in [3.63, 3.8) is 0 Å². The van der Waals surface area contributed by atoms with Gasteiger partial charge in [-0.3, -0.25) is 4.79 Å². The lowest BCUT2D eigenvalue weighted by atomic mass is 9.97. The lowest BCUT2D eigenvalue weighted by Gasteiger charge is -2.28. The number of carboxylic acid groups (broad SMARTS) is 1. The van der Waals surface area contributed by atoms with Crippen molar-refractivity contribution in [2.24, 2.45) is 0 Å². The van der Waals surface area contributed by atoms with Crippen LogP contribution in [0.4, 0.5) is 4.79 Å². The fourth-order valence-electron chi connectivity index (χ4n) is 2.41. The Morgan fingerprint density at radius 3 is 2.95 bits per heavy atom. The first-order chi connectivity index (χ1) is 10.1. The molecule has 0 spiro atoms. The monoisotopic (exact) mass is 292 g/mol. The van der Waals surface area contributed by atoms with E-state index in [0.29, 0.717) is 13.0 Å². The first-order valence-corrected chi connectivity index (χ1v) is 7.12. The Balaban J connectivity index is 2.00. The number of rotatable bonds is 5. The minimum absolute atomic E-state index is 0.0855. The van der Waals surface area contributed by atoms with E-state index in [4.69, 9.17) is 9.84 Å². The van der Waals surface area contributed by atoms with Gasteiger partial charge in [0.15, 0.2) is 0 Å². The van der Waals surface area contributed by atoms with Crippen molar-refractivity contribution in [3.05, 3.63) is 29.3 Å². The summed E-state index contributed by atoms with van der Waals surface area (Å²) in [6, 6.07) is 5.48. The van der Waals surface area contributed by atoms with Gasteiger partial charge in [-0.15, -0.1) is 0 Å². The molecule has 0 radical (unpaired) electrons. The van der Waals surface area contributed by atoms with E-state index in [-0.39, 0.29) is 25.0 Å². The standard InChI is InChI=1S/C15H20N2O4/c1-2-10-4-3-5-11-12(7-9-21-14(10)11)17-15(20)16-8-6-13(18)19/h3-5,12H,2,6-9H2,1H3,(H,18,19)(H2,16,17,20). The maximum absolute atomic E-state index is 11.8. The van der Waals surface area contributed by atoms with Crippen LogP contribution < -0.4 is 15.4 Å². The van der Waals surface area contributed by atoms with Crippen LogP contribution in [-0.2, 0) is 11.2 Å². The SMILES string of the molecule is CCc1cccc2c1OCCC2NC(=O)NCCC(=O)O. The molecule has 1 aromatic rings. The van der Waals surface area contributed by atoms with Crippen LogP contribution in [-0.4, -0.2) is 30.3 Å². The zero-order valence-corrected chi connectivity index (χ0v) is 12.0. The first-order valence-electron chi connectivity index (χ1n) is 7.12. The molecule has 2 rings (SSSR count). The van der Waals surface area contributed by atoms with Crippen LogP contribution in [0.15, 0.2) is 18.2 Å². The third kappa shape index (κ3) is 3.87. The summed E-state index contributed by atoms with van der Waals surface area (Å²) in [6.07, 6.45) is 1.49. The van der Waals surface area contributed by atoms with Crippen molar-refractivity contribution < 1.29 is 19.4 Å². The highest BCUT2D eigenvalue weighted by molar-refractivity contribution is 5.75. The minimum Gasteiger partial charge on any atom is -0.493 e. The molecular weight excluding hydrogens is 272 g/mol. The lowest BCUT2D eigenvalue weighted by molar-refractivity contribution is -0.136. The third-order valence-corrected chi connectivity index (χ3v) is 3.47. The predicted octanol–water partition coefficient (Wildman–Crippen LogP) is 1.85. The van der Waals surface area contributed by atoms with E-state index in [9.17, 15) is 9.59 Å². The number of para-hydroxylation sites is 1. The summed E-state index contributed by atoms with van der Waals surface area (Å²) in [5, 5.41) is 14.0. The van der Waals surface area contributed by atoms with Crippen molar-refractivity contribution in [1.29, 1.82) is 0 Å². The van der Waals surface area contributed by atoms with E-state index < -0.39 is 5.97 Å². The topological polar surface area (TPSA) is 87.7 Å². The number of nitrogens with one attached hydrogen (secondary N) is 2. The molecule has 0 aliphatic carbocycles. The Morgan fingerprint density at radius 2 is 2.24 bits per heavy atom. The molecule has 2 amide bonds. The summed E-state index contributed by atoms with van der Waals surface area (Å²) in [5.41, 5.74) is 2.11. The first kappa shape index (κ1) is 15.2. The predicted molar refractivity (Wildman–Crippen MR) is 77.5 cm³/mol. The van der Waals surface area contributed by atoms with Crippen LogP contribution in [0, 0.1) is 0 Å². The van der Waals surface area contributed by atoms with Crippen LogP contribution in [0.2, 0.25) is 0 Å². The van der Waals surface area contributed by atoms with E-state index in [2.05, 4.69) is 17.6 Å². The third-order valence-electron chi connectivity index (χ3n) is 3.47. The van der Waals surface area contributed by atoms with E-state index in [1.54, 1.807) is 0 Å². The molecule has 1 atom stereocenters. The maximum atomic E-state index is 11.8. The molecule has 0 saturated heterocycles. The van der Waals surface area contributed by atoms with Crippen LogP contribution in [0.1, 0.15) is 36.9 Å². The second kappa shape index (κ2) is 6.97. The number of hydrogen-bond acceptors (Lipinski definition) is 3. The smallest absolute Gasteiger partial charge is 0.315 e. The molecule has 21 heavy (non-hydrogen) atoms. The van der Waals surface area contributed by atoms with Gasteiger partial charge in [0.2, 0.25) is 0 Å². The number of carbonyl (C=O) groups excluding carboxylic acids is 1. The molecule has 3 N–H and O–H groups in total. The highest BCUT2D eigenvalue weighted by Gasteiger charge is 2.24. The summed E-state index contributed by atoms with van der Waals surface area (Å²) >= 11 is 0. The van der Waals surface area contributed by atoms with Crippen LogP contribution >= 0.6 is 0 Å². The quantitative estimate of drug-likeness (QED) is 0.773. The summed E-state index contributed by atoms with van der Waals surface area (Å²) in [6.45, 7) is 2.74. The average Bonchev–Trinajstić information content (AvgIpc) is 2.46. The zero-order valence-electron chi connectivity index (χ0n) is 12.0. The molecule has 1 unspecified atom stereocenters. The number of benzene rings is 1. The Kier molecular flexibility index (Phi) is 5.03. The fraction of sp³-hybridized carbons (Fsp3) is 0.467. The summed E-state index contributed by atoms with van der Waals surface area (Å²) in [5.74, 6) is -0.0682. The van der Waals surface area contributed by atoms with Gasteiger partial charge in [-0.25, -0.2) is 4.79 Å². The number of hydrogen-bond donors (Lipinski definition) is 3. The largest absolute Gasteiger partial charge is 0.493 e. The molecule has 1 aromatic carbocycles. The number of carboxylic acids is 1. The number of fused-ring (bicyclic) bond motifs is 1. The zero-order chi connectivity index (χ0) is 15.2. The van der Waals surface area contributed by atoms with Gasteiger partial charge >= 0.3 is 12.0 Å². The number of aliphatic carboxylic acids is 1. The number of aryl methyl sites for hydroxylation is 1. The normalized spacial score (nSPS) is 16.5. The van der Waals surface area contributed by atoms with Crippen molar-refractivity contribution >= 4 is 12.0 Å². The molecule has 0 bridgehead atoms. The lowest BCUT2D eigenvalue weighted by Crippen LogP contribution is -2.40. The van der Waals surface area contributed by atoms with E-state index >= 15 is 0 Å². The second-order valence-corrected chi connectivity index (χ2v) is 4.92. The minimum atomic E-state index is -0.931. The van der Waals surface area contributed by atoms with Gasteiger partial charge in [-0.2, -0.15) is 0 Å². The average molecular weight is 292 g/mol. The van der Waals surface area contributed by atoms with Gasteiger partial charge < -0.3 is 20.5 Å². The number of urea groups is 1. The molecular formula is C15H20N2O4. The summed E-state index contributed by atoms with van der Waals surface area (Å²) in [4.78, 5) is 22.2. The number of ether oxygens (including phenoxy) is 1. The van der Waals surface area contributed by atoms with Crippen molar-refractivity contribution in [2.45, 2.75) is 32.2 Å². The summed E-state index contributed by atoms with van der Waals surface area (Å²) in [7, 11) is 0. The highest BCUT2D eigenvalue weighted by atomic mass is 16.5. The number of carbonyl (C=O) groups is 2. The molecule has 114 valence electrons. The van der Waals surface area contributed by atoms with E-state index in [0.717, 1.165) is 23.3 Å². The van der Waals surface area contributed by atoms with Gasteiger partial charge in [-0.05, 0) is 12.0 Å². The molecule has 6 nitrogen and oxygen atoms in total. The maximum Gasteiger partial charge on any atom is 0.315 e. The molecule has 1 aliphatic rings. The second-order valence-electron chi connectivity index (χ2n) is 4.92. The molecule has 0 aromatic heterocycles. The van der Waals surface area contributed by atoms with Crippen LogP contribution in [0.5, 0.6) is 5.75 Å². The van der Waals surface area contributed by atoms with E-state index in [1.807, 2.05) is 18.2 Å². The Hall–Kier alpha value is -2.24. The van der Waals surface area contributed by atoms with Crippen LogP contribution in [0.3, 0.4) is 0 Å². The van der Waals surface area contributed by atoms with Crippen LogP contribution in [0.25, 0.3) is 0 Å². The Labute approximate surface area is 123 Å². The number of amides is 2.